The Labute approximate surface area is 57.6 Å². The van der Waals surface area contributed by atoms with Crippen molar-refractivity contribution in [3.63, 3.8) is 0 Å². The Balaban J connectivity index is 0.000000291. The van der Waals surface area contributed by atoms with Crippen molar-refractivity contribution in [1.29, 1.82) is 0 Å². The average Bonchev–Trinajstić information content (AvgIpc) is 1.94. The molecule has 0 heteroatoms. The van der Waals surface area contributed by atoms with Crippen molar-refractivity contribution in [3.05, 3.63) is 42.9 Å². The summed E-state index contributed by atoms with van der Waals surface area (Å²) in [5.41, 5.74) is 1.07. The van der Waals surface area contributed by atoms with Crippen LogP contribution in [0.1, 0.15) is 13.8 Å². The molecule has 0 radical (unpaired) electrons. The minimum absolute atomic E-state index is 1.07. The first-order valence-corrected chi connectivity index (χ1v) is 3.26. The lowest BCUT2D eigenvalue weighted by atomic mass is 10.1. The molecule has 0 aliphatic heterocycles. The molecule has 9 heavy (non-hydrogen) atoms. The van der Waals surface area contributed by atoms with Crippen LogP contribution in [0.4, 0.5) is 0 Å². The Hall–Kier alpha value is -0.910. The molecule has 0 atom stereocenters. The molecule has 0 N–H and O–H groups in total. The lowest BCUT2D eigenvalue weighted by Gasteiger charge is -1.85. The maximum Gasteiger partial charge on any atom is 0.0887 e. The minimum atomic E-state index is 1.07. The van der Waals surface area contributed by atoms with Gasteiger partial charge in [-0.15, -0.1) is 0 Å². The van der Waals surface area contributed by atoms with Crippen molar-refractivity contribution < 1.29 is 0 Å². The first kappa shape index (κ1) is 8.09. The molecule has 0 amide bonds. The van der Waals surface area contributed by atoms with Crippen LogP contribution in [0.2, 0.25) is 0 Å². The molecule has 0 aromatic rings. The van der Waals surface area contributed by atoms with Gasteiger partial charge in [0, 0.05) is 30.7 Å². The SMILES string of the molecule is C=C1C=CC=C[CH+]1.CC. The van der Waals surface area contributed by atoms with E-state index in [1.165, 1.54) is 0 Å². The number of allylic oxidation sites excluding steroid dienone is 5. The lowest BCUT2D eigenvalue weighted by Crippen LogP contribution is -1.75. The molecule has 0 nitrogen and oxygen atoms in total. The second-order valence-corrected chi connectivity index (χ2v) is 1.49. The monoisotopic (exact) mass is 121 g/mol. The molecule has 0 spiro atoms. The predicted octanol–water partition coefficient (Wildman–Crippen LogP) is 2.90. The van der Waals surface area contributed by atoms with Crippen molar-refractivity contribution >= 4 is 0 Å². The van der Waals surface area contributed by atoms with Gasteiger partial charge in [-0.1, -0.05) is 13.8 Å². The zero-order chi connectivity index (χ0) is 7.11. The smallest absolute Gasteiger partial charge is 0.0683 e. The van der Waals surface area contributed by atoms with Crippen LogP contribution in [0, 0.1) is 6.42 Å². The Bertz CT molecular complexity index is 127. The highest BCUT2D eigenvalue weighted by Gasteiger charge is 1.94. The lowest BCUT2D eigenvalue weighted by molar-refractivity contribution is 1.50. The van der Waals surface area contributed by atoms with Gasteiger partial charge in [-0.25, -0.2) is 0 Å². The van der Waals surface area contributed by atoms with Crippen molar-refractivity contribution in [2.24, 2.45) is 0 Å². The summed E-state index contributed by atoms with van der Waals surface area (Å²) < 4.78 is 0. The second-order valence-electron chi connectivity index (χ2n) is 1.49. The minimum Gasteiger partial charge on any atom is -0.0683 e. The Morgan fingerprint density at radius 1 is 1.33 bits per heavy atom. The third-order valence-corrected chi connectivity index (χ3v) is 0.843. The Morgan fingerprint density at radius 2 is 2.00 bits per heavy atom. The standard InChI is InChI=1S/C7H7.C2H6/c1-7-5-3-2-4-6-7;1-2/h2-6H,1H2;1-2H3/q+1;. The summed E-state index contributed by atoms with van der Waals surface area (Å²) in [6.07, 6.45) is 9.87. The Kier molecular flexibility index (Phi) is 4.70. The van der Waals surface area contributed by atoms with E-state index in [0.29, 0.717) is 0 Å². The highest BCUT2D eigenvalue weighted by molar-refractivity contribution is 5.36. The molecule has 1 aliphatic carbocycles. The van der Waals surface area contributed by atoms with Crippen LogP contribution in [0.15, 0.2) is 36.5 Å². The molecular formula is C9H13+. The van der Waals surface area contributed by atoms with Gasteiger partial charge < -0.3 is 0 Å². The molecule has 0 fully saturated rings. The molecule has 0 unspecified atom stereocenters. The van der Waals surface area contributed by atoms with E-state index in [2.05, 4.69) is 6.58 Å². The van der Waals surface area contributed by atoms with Crippen LogP contribution >= 0.6 is 0 Å². The molecular weight excluding hydrogens is 108 g/mol. The molecule has 1 rings (SSSR count). The zero-order valence-electron chi connectivity index (χ0n) is 6.09. The molecule has 0 bridgehead atoms. The maximum absolute atomic E-state index is 3.72. The average molecular weight is 121 g/mol. The van der Waals surface area contributed by atoms with E-state index < -0.39 is 0 Å². The fourth-order valence-electron chi connectivity index (χ4n) is 0.478. The van der Waals surface area contributed by atoms with Crippen LogP contribution in [-0.4, -0.2) is 0 Å². The van der Waals surface area contributed by atoms with Gasteiger partial charge >= 0.3 is 0 Å². The Morgan fingerprint density at radius 3 is 2.22 bits per heavy atom. The summed E-state index contributed by atoms with van der Waals surface area (Å²) in [4.78, 5) is 0. The van der Waals surface area contributed by atoms with Gasteiger partial charge in [0.2, 0.25) is 0 Å². The molecule has 0 aromatic carbocycles. The van der Waals surface area contributed by atoms with Gasteiger partial charge in [-0.2, -0.15) is 0 Å². The first-order valence-electron chi connectivity index (χ1n) is 3.26. The summed E-state index contributed by atoms with van der Waals surface area (Å²) >= 11 is 0. The van der Waals surface area contributed by atoms with E-state index in [1.807, 2.05) is 44.6 Å². The van der Waals surface area contributed by atoms with Crippen LogP contribution in [0.3, 0.4) is 0 Å². The van der Waals surface area contributed by atoms with Crippen LogP contribution in [0.25, 0.3) is 0 Å². The van der Waals surface area contributed by atoms with E-state index >= 15 is 0 Å². The van der Waals surface area contributed by atoms with Gasteiger partial charge in [0.25, 0.3) is 0 Å². The summed E-state index contributed by atoms with van der Waals surface area (Å²) in [7, 11) is 0. The fourth-order valence-corrected chi connectivity index (χ4v) is 0.478. The van der Waals surface area contributed by atoms with Gasteiger partial charge in [0.15, 0.2) is 0 Å². The highest BCUT2D eigenvalue weighted by Crippen LogP contribution is 2.03. The van der Waals surface area contributed by atoms with Crippen molar-refractivity contribution in [2.75, 3.05) is 0 Å². The fraction of sp³-hybridized carbons (Fsp3) is 0.222. The van der Waals surface area contributed by atoms with Gasteiger partial charge in [0.05, 0.1) is 5.57 Å². The largest absolute Gasteiger partial charge is 0.0887 e. The molecule has 1 aliphatic rings. The van der Waals surface area contributed by atoms with Gasteiger partial charge in [-0.3, -0.25) is 0 Å². The topological polar surface area (TPSA) is 0 Å². The van der Waals surface area contributed by atoms with E-state index in [-0.39, 0.29) is 0 Å². The third kappa shape index (κ3) is 3.65. The van der Waals surface area contributed by atoms with E-state index in [0.717, 1.165) is 5.57 Å². The van der Waals surface area contributed by atoms with Crippen LogP contribution in [-0.2, 0) is 0 Å². The summed E-state index contributed by atoms with van der Waals surface area (Å²) in [5, 5.41) is 0. The first-order chi connectivity index (χ1) is 4.39. The van der Waals surface area contributed by atoms with Crippen LogP contribution in [0.5, 0.6) is 0 Å². The normalized spacial score (nSPS) is 13.8. The molecule has 0 saturated heterocycles. The maximum atomic E-state index is 3.72. The van der Waals surface area contributed by atoms with E-state index in [4.69, 9.17) is 0 Å². The highest BCUT2D eigenvalue weighted by atomic mass is 13.9. The summed E-state index contributed by atoms with van der Waals surface area (Å²) in [5.74, 6) is 0. The summed E-state index contributed by atoms with van der Waals surface area (Å²) in [6, 6.07) is 0. The van der Waals surface area contributed by atoms with Gasteiger partial charge in [-0.05, 0) is 6.58 Å². The van der Waals surface area contributed by atoms with Crippen molar-refractivity contribution in [2.45, 2.75) is 13.8 Å². The van der Waals surface area contributed by atoms with E-state index in [9.17, 15) is 0 Å². The van der Waals surface area contributed by atoms with Crippen molar-refractivity contribution in [1.82, 2.24) is 0 Å². The van der Waals surface area contributed by atoms with Crippen LogP contribution < -0.4 is 0 Å². The predicted molar refractivity (Wildman–Crippen MR) is 43.1 cm³/mol. The quantitative estimate of drug-likeness (QED) is 0.432. The molecule has 0 heterocycles. The molecule has 48 valence electrons. The molecule has 0 aromatic heterocycles. The third-order valence-electron chi connectivity index (χ3n) is 0.843. The van der Waals surface area contributed by atoms with Gasteiger partial charge in [0.1, 0.15) is 0 Å². The second kappa shape index (κ2) is 5.23. The number of rotatable bonds is 0. The van der Waals surface area contributed by atoms with Crippen molar-refractivity contribution in [3.8, 4) is 0 Å². The molecule has 0 saturated carbocycles. The number of hydrogen-bond donors (Lipinski definition) is 0. The summed E-state index contributed by atoms with van der Waals surface area (Å²) in [6.45, 7) is 7.72. The zero-order valence-corrected chi connectivity index (χ0v) is 6.09. The number of hydrogen-bond acceptors (Lipinski definition) is 0. The van der Waals surface area contributed by atoms with E-state index in [1.54, 1.807) is 0 Å².